The number of rotatable bonds is 0. The topological polar surface area (TPSA) is 49.6 Å². The van der Waals surface area contributed by atoms with Crippen molar-refractivity contribution in [3.8, 4) is 6.07 Å². The van der Waals surface area contributed by atoms with E-state index in [1.54, 1.807) is 30.5 Å². The molecule has 0 aliphatic heterocycles. The highest BCUT2D eigenvalue weighted by Crippen LogP contribution is 1.96. The van der Waals surface area contributed by atoms with E-state index in [2.05, 4.69) is 10.2 Å². The van der Waals surface area contributed by atoms with Crippen molar-refractivity contribution < 1.29 is 0 Å². The first-order valence-electron chi connectivity index (χ1n) is 4.21. The standard InChI is InChI=1S/C7H5N.C4H3ClN2/c8-6-7-4-2-1-3-5-7;5-4-2-1-3-6-7-4/h1-5H;1-3H. The normalized spacial score (nSPS) is 8.27. The van der Waals surface area contributed by atoms with Gasteiger partial charge < -0.3 is 0 Å². The molecule has 3 nitrogen and oxygen atoms in total. The van der Waals surface area contributed by atoms with Crippen LogP contribution in [0.5, 0.6) is 0 Å². The van der Waals surface area contributed by atoms with E-state index in [4.69, 9.17) is 16.9 Å². The third-order valence-electron chi connectivity index (χ3n) is 1.44. The lowest BCUT2D eigenvalue weighted by atomic mass is 10.2. The molecule has 0 saturated heterocycles. The predicted molar refractivity (Wildman–Crippen MR) is 58.2 cm³/mol. The molecule has 0 unspecified atom stereocenters. The fraction of sp³-hybridized carbons (Fsp3) is 0. The summed E-state index contributed by atoms with van der Waals surface area (Å²) in [6.07, 6.45) is 1.58. The van der Waals surface area contributed by atoms with Crippen molar-refractivity contribution in [3.05, 3.63) is 59.4 Å². The Bertz CT molecular complexity index is 423. The van der Waals surface area contributed by atoms with Gasteiger partial charge in [-0.25, -0.2) is 0 Å². The molecule has 0 bridgehead atoms. The van der Waals surface area contributed by atoms with E-state index in [1.807, 2.05) is 24.3 Å². The first-order chi connectivity index (χ1) is 7.33. The summed E-state index contributed by atoms with van der Waals surface area (Å²) in [7, 11) is 0. The average Bonchev–Trinajstić information content (AvgIpc) is 2.32. The van der Waals surface area contributed by atoms with Gasteiger partial charge in [0.25, 0.3) is 0 Å². The van der Waals surface area contributed by atoms with Crippen LogP contribution in [0.4, 0.5) is 0 Å². The van der Waals surface area contributed by atoms with Gasteiger partial charge in [-0.15, -0.1) is 5.10 Å². The highest BCUT2D eigenvalue weighted by molar-refractivity contribution is 6.29. The van der Waals surface area contributed by atoms with E-state index in [0.717, 1.165) is 0 Å². The summed E-state index contributed by atoms with van der Waals surface area (Å²) in [6.45, 7) is 0. The van der Waals surface area contributed by atoms with Crippen LogP contribution in [0.3, 0.4) is 0 Å². The number of aromatic nitrogens is 2. The molecule has 0 saturated carbocycles. The molecule has 2 rings (SSSR count). The maximum absolute atomic E-state index is 8.29. The lowest BCUT2D eigenvalue weighted by Gasteiger charge is -1.80. The summed E-state index contributed by atoms with van der Waals surface area (Å²) >= 11 is 5.37. The van der Waals surface area contributed by atoms with Crippen molar-refractivity contribution in [2.24, 2.45) is 0 Å². The first kappa shape index (κ1) is 11.2. The second-order valence-corrected chi connectivity index (χ2v) is 2.91. The van der Waals surface area contributed by atoms with Crippen LogP contribution in [0, 0.1) is 11.3 Å². The van der Waals surface area contributed by atoms with Gasteiger partial charge in [-0.05, 0) is 24.3 Å². The van der Waals surface area contributed by atoms with Crippen LogP contribution in [0.1, 0.15) is 5.56 Å². The van der Waals surface area contributed by atoms with E-state index >= 15 is 0 Å². The lowest BCUT2D eigenvalue weighted by Crippen LogP contribution is -1.74. The lowest BCUT2D eigenvalue weighted by molar-refractivity contribution is 1.03. The summed E-state index contributed by atoms with van der Waals surface area (Å²) in [4.78, 5) is 0. The molecule has 15 heavy (non-hydrogen) atoms. The third kappa shape index (κ3) is 4.75. The minimum atomic E-state index is 0.433. The van der Waals surface area contributed by atoms with Crippen molar-refractivity contribution in [2.75, 3.05) is 0 Å². The Morgan fingerprint density at radius 1 is 1.07 bits per heavy atom. The Morgan fingerprint density at radius 3 is 2.13 bits per heavy atom. The van der Waals surface area contributed by atoms with Crippen LogP contribution in [-0.2, 0) is 0 Å². The van der Waals surface area contributed by atoms with Crippen LogP contribution in [0.15, 0.2) is 48.7 Å². The van der Waals surface area contributed by atoms with Crippen LogP contribution < -0.4 is 0 Å². The molecule has 1 aromatic heterocycles. The van der Waals surface area contributed by atoms with Gasteiger partial charge in [0.2, 0.25) is 0 Å². The van der Waals surface area contributed by atoms with E-state index in [1.165, 1.54) is 0 Å². The number of nitriles is 1. The molecule has 0 N–H and O–H groups in total. The van der Waals surface area contributed by atoms with Gasteiger partial charge in [-0.3, -0.25) is 0 Å². The fourth-order valence-electron chi connectivity index (χ4n) is 0.795. The molecule has 1 heterocycles. The zero-order valence-corrected chi connectivity index (χ0v) is 8.59. The van der Waals surface area contributed by atoms with E-state index in [-0.39, 0.29) is 0 Å². The molecule has 74 valence electrons. The van der Waals surface area contributed by atoms with Gasteiger partial charge in [0.1, 0.15) is 0 Å². The molecular formula is C11H8ClN3. The van der Waals surface area contributed by atoms with E-state index in [9.17, 15) is 0 Å². The zero-order chi connectivity index (χ0) is 10.9. The smallest absolute Gasteiger partial charge is 0.151 e. The molecule has 2 aromatic rings. The maximum atomic E-state index is 8.29. The minimum absolute atomic E-state index is 0.433. The monoisotopic (exact) mass is 217 g/mol. The maximum Gasteiger partial charge on any atom is 0.151 e. The third-order valence-corrected chi connectivity index (χ3v) is 1.64. The molecule has 0 spiro atoms. The summed E-state index contributed by atoms with van der Waals surface area (Å²) < 4.78 is 0. The van der Waals surface area contributed by atoms with Crippen molar-refractivity contribution in [1.29, 1.82) is 5.26 Å². The van der Waals surface area contributed by atoms with Gasteiger partial charge in [0.15, 0.2) is 5.15 Å². The van der Waals surface area contributed by atoms with Crippen LogP contribution >= 0.6 is 11.6 Å². The summed E-state index contributed by atoms with van der Waals surface area (Å²) in [5, 5.41) is 15.7. The Hall–Kier alpha value is -1.92. The Balaban J connectivity index is 0.000000151. The molecule has 4 heteroatoms. The number of halogens is 1. The van der Waals surface area contributed by atoms with Crippen LogP contribution in [-0.4, -0.2) is 10.2 Å². The number of hydrogen-bond acceptors (Lipinski definition) is 3. The van der Waals surface area contributed by atoms with Crippen molar-refractivity contribution in [3.63, 3.8) is 0 Å². The second kappa shape index (κ2) is 6.52. The Labute approximate surface area is 93.0 Å². The highest BCUT2D eigenvalue weighted by Gasteiger charge is 1.79. The summed E-state index contributed by atoms with van der Waals surface area (Å²) in [5.74, 6) is 0. The molecule has 0 amide bonds. The van der Waals surface area contributed by atoms with Gasteiger partial charge in [0, 0.05) is 6.20 Å². The number of hydrogen-bond donors (Lipinski definition) is 0. The zero-order valence-electron chi connectivity index (χ0n) is 7.84. The number of nitrogens with zero attached hydrogens (tertiary/aromatic N) is 3. The predicted octanol–water partition coefficient (Wildman–Crippen LogP) is 2.69. The quantitative estimate of drug-likeness (QED) is 0.682. The van der Waals surface area contributed by atoms with Gasteiger partial charge >= 0.3 is 0 Å². The summed E-state index contributed by atoms with van der Waals surface area (Å²) in [5.41, 5.74) is 0.715. The first-order valence-corrected chi connectivity index (χ1v) is 4.59. The highest BCUT2D eigenvalue weighted by atomic mass is 35.5. The minimum Gasteiger partial charge on any atom is -0.192 e. The molecule has 1 aromatic carbocycles. The van der Waals surface area contributed by atoms with Crippen molar-refractivity contribution >= 4 is 11.6 Å². The molecule has 0 fully saturated rings. The largest absolute Gasteiger partial charge is 0.192 e. The SMILES string of the molecule is Clc1cccnn1.N#Cc1ccccc1. The second-order valence-electron chi connectivity index (χ2n) is 2.52. The van der Waals surface area contributed by atoms with Gasteiger partial charge in [-0.2, -0.15) is 10.4 Å². The van der Waals surface area contributed by atoms with Crippen molar-refractivity contribution in [1.82, 2.24) is 10.2 Å². The number of benzene rings is 1. The van der Waals surface area contributed by atoms with Gasteiger partial charge in [0.05, 0.1) is 11.6 Å². The average molecular weight is 218 g/mol. The van der Waals surface area contributed by atoms with Gasteiger partial charge in [-0.1, -0.05) is 29.8 Å². The summed E-state index contributed by atoms with van der Waals surface area (Å²) in [6, 6.07) is 14.6. The van der Waals surface area contributed by atoms with Crippen LogP contribution in [0.2, 0.25) is 5.15 Å². The van der Waals surface area contributed by atoms with Crippen molar-refractivity contribution in [2.45, 2.75) is 0 Å². The molecule has 0 radical (unpaired) electrons. The molecule has 0 aliphatic carbocycles. The van der Waals surface area contributed by atoms with E-state index in [0.29, 0.717) is 10.7 Å². The van der Waals surface area contributed by atoms with Crippen LogP contribution in [0.25, 0.3) is 0 Å². The molecule has 0 atom stereocenters. The Kier molecular flexibility index (Phi) is 4.85. The Morgan fingerprint density at radius 2 is 1.80 bits per heavy atom. The molecular weight excluding hydrogens is 210 g/mol. The molecule has 0 aliphatic rings. The fourth-order valence-corrected chi connectivity index (χ4v) is 0.912. The van der Waals surface area contributed by atoms with E-state index < -0.39 is 0 Å².